The molecule has 126 valence electrons. The molecule has 1 fully saturated rings. The molecule has 1 aromatic rings. The lowest BCUT2D eigenvalue weighted by Crippen LogP contribution is -2.49. The number of carbonyl (C=O) groups excluding carboxylic acids is 3. The predicted molar refractivity (Wildman–Crippen MR) is 88.9 cm³/mol. The van der Waals surface area contributed by atoms with Crippen molar-refractivity contribution in [2.24, 2.45) is 0 Å². The van der Waals surface area contributed by atoms with Gasteiger partial charge in [0.05, 0.1) is 12.5 Å². The molecule has 2 rings (SSSR count). The monoisotopic (exact) mass is 339 g/mol. The van der Waals surface area contributed by atoms with Crippen molar-refractivity contribution in [3.05, 3.63) is 35.9 Å². The van der Waals surface area contributed by atoms with Crippen molar-refractivity contribution in [2.45, 2.75) is 32.0 Å². The van der Waals surface area contributed by atoms with E-state index < -0.39 is 12.1 Å². The maximum absolute atomic E-state index is 12.3. The largest absolute Gasteiger partial charge is 0.350 e. The highest BCUT2D eigenvalue weighted by Crippen LogP contribution is 2.19. The number of halogens is 1. The summed E-state index contributed by atoms with van der Waals surface area (Å²) in [6.45, 7) is 1.95. The van der Waals surface area contributed by atoms with E-state index in [1.54, 1.807) is 25.9 Å². The zero-order valence-corrected chi connectivity index (χ0v) is 14.3. The second-order valence-corrected chi connectivity index (χ2v) is 5.66. The Bertz CT molecular complexity index is 577. The van der Waals surface area contributed by atoms with Gasteiger partial charge in [-0.1, -0.05) is 30.3 Å². The molecule has 1 aliphatic rings. The topological polar surface area (TPSA) is 69.7 Å². The summed E-state index contributed by atoms with van der Waals surface area (Å²) in [4.78, 5) is 39.3. The van der Waals surface area contributed by atoms with Crippen molar-refractivity contribution in [3.8, 4) is 0 Å². The normalized spacial score (nSPS) is 18.8. The van der Waals surface area contributed by atoms with E-state index in [-0.39, 0.29) is 36.5 Å². The highest BCUT2D eigenvalue weighted by molar-refractivity contribution is 6.08. The van der Waals surface area contributed by atoms with E-state index in [0.29, 0.717) is 6.54 Å². The molecule has 7 heteroatoms. The number of hydrogen-bond acceptors (Lipinski definition) is 4. The standard InChI is InChI=1S/C16H21N3O3.ClH/c1-11(15(21)17-10-12-7-5-4-6-8-12)19-14(20)9-13(16(19)22)18(2)3;/h4-8,11,13H,9-10H2,1-3H3,(H,17,21);1H. The van der Waals surface area contributed by atoms with Crippen molar-refractivity contribution >= 4 is 30.1 Å². The number of benzene rings is 1. The average Bonchev–Trinajstić information content (AvgIpc) is 2.80. The van der Waals surface area contributed by atoms with Crippen LogP contribution in [-0.4, -0.2) is 53.7 Å². The molecule has 0 spiro atoms. The summed E-state index contributed by atoms with van der Waals surface area (Å²) in [5.74, 6) is -0.937. The Morgan fingerprint density at radius 3 is 2.43 bits per heavy atom. The van der Waals surface area contributed by atoms with Gasteiger partial charge in [-0.3, -0.25) is 24.2 Å². The molecular weight excluding hydrogens is 318 g/mol. The first-order chi connectivity index (χ1) is 10.4. The van der Waals surface area contributed by atoms with Crippen LogP contribution in [0.15, 0.2) is 30.3 Å². The first-order valence-electron chi connectivity index (χ1n) is 7.25. The molecule has 2 unspecified atom stereocenters. The molecule has 0 bridgehead atoms. The third-order valence-electron chi connectivity index (χ3n) is 3.86. The number of rotatable bonds is 5. The van der Waals surface area contributed by atoms with E-state index in [2.05, 4.69) is 5.32 Å². The lowest BCUT2D eigenvalue weighted by atomic mass is 10.2. The van der Waals surface area contributed by atoms with Crippen LogP contribution < -0.4 is 5.32 Å². The highest BCUT2D eigenvalue weighted by Gasteiger charge is 2.43. The van der Waals surface area contributed by atoms with Gasteiger partial charge < -0.3 is 5.32 Å². The van der Waals surface area contributed by atoms with Gasteiger partial charge in [0, 0.05) is 6.54 Å². The van der Waals surface area contributed by atoms with Crippen LogP contribution >= 0.6 is 12.4 Å². The van der Waals surface area contributed by atoms with E-state index in [0.717, 1.165) is 10.5 Å². The van der Waals surface area contributed by atoms with Gasteiger partial charge in [0.25, 0.3) is 0 Å². The van der Waals surface area contributed by atoms with Gasteiger partial charge in [-0.15, -0.1) is 12.4 Å². The lowest BCUT2D eigenvalue weighted by Gasteiger charge is -2.23. The lowest BCUT2D eigenvalue weighted by molar-refractivity contribution is -0.147. The summed E-state index contributed by atoms with van der Waals surface area (Å²) in [5.41, 5.74) is 0.966. The number of imide groups is 1. The summed E-state index contributed by atoms with van der Waals surface area (Å²) in [5, 5.41) is 2.76. The number of amides is 3. The van der Waals surface area contributed by atoms with Gasteiger partial charge in [0.2, 0.25) is 17.7 Å². The number of nitrogens with zero attached hydrogens (tertiary/aromatic N) is 2. The molecule has 0 aliphatic carbocycles. The minimum Gasteiger partial charge on any atom is -0.350 e. The zero-order chi connectivity index (χ0) is 16.3. The Kier molecular flexibility index (Phi) is 6.72. The minimum atomic E-state index is -0.798. The zero-order valence-electron chi connectivity index (χ0n) is 13.5. The number of likely N-dealkylation sites (N-methyl/N-ethyl adjacent to an activating group) is 1. The van der Waals surface area contributed by atoms with Crippen LogP contribution in [-0.2, 0) is 20.9 Å². The minimum absolute atomic E-state index is 0. The molecule has 2 atom stereocenters. The summed E-state index contributed by atoms with van der Waals surface area (Å²) < 4.78 is 0. The van der Waals surface area contributed by atoms with Gasteiger partial charge in [-0.2, -0.15) is 0 Å². The number of nitrogens with one attached hydrogen (secondary N) is 1. The highest BCUT2D eigenvalue weighted by atomic mass is 35.5. The van der Waals surface area contributed by atoms with E-state index in [9.17, 15) is 14.4 Å². The number of hydrogen-bond donors (Lipinski definition) is 1. The predicted octanol–water partition coefficient (Wildman–Crippen LogP) is 0.802. The van der Waals surface area contributed by atoms with Crippen LogP contribution in [0.1, 0.15) is 18.9 Å². The summed E-state index contributed by atoms with van der Waals surface area (Å²) in [7, 11) is 3.50. The third-order valence-corrected chi connectivity index (χ3v) is 3.86. The van der Waals surface area contributed by atoms with Crippen LogP contribution in [0.3, 0.4) is 0 Å². The second kappa shape index (κ2) is 8.08. The van der Waals surface area contributed by atoms with Crippen molar-refractivity contribution in [2.75, 3.05) is 14.1 Å². The summed E-state index contributed by atoms with van der Waals surface area (Å²) in [6.07, 6.45) is 0.127. The molecular formula is C16H22ClN3O3. The first kappa shape index (κ1) is 19.1. The summed E-state index contributed by atoms with van der Waals surface area (Å²) in [6, 6.07) is 8.21. The third kappa shape index (κ3) is 4.30. The molecule has 1 aliphatic heterocycles. The fraction of sp³-hybridized carbons (Fsp3) is 0.438. The van der Waals surface area contributed by atoms with Crippen molar-refractivity contribution in [1.82, 2.24) is 15.1 Å². The maximum atomic E-state index is 12.3. The molecule has 0 aromatic heterocycles. The van der Waals surface area contributed by atoms with Gasteiger partial charge >= 0.3 is 0 Å². The molecule has 1 heterocycles. The maximum Gasteiger partial charge on any atom is 0.247 e. The number of carbonyl (C=O) groups is 3. The van der Waals surface area contributed by atoms with Crippen LogP contribution in [0.2, 0.25) is 0 Å². The Labute approximate surface area is 142 Å². The van der Waals surface area contributed by atoms with Crippen molar-refractivity contribution in [3.63, 3.8) is 0 Å². The smallest absolute Gasteiger partial charge is 0.247 e. The quantitative estimate of drug-likeness (QED) is 0.806. The fourth-order valence-corrected chi connectivity index (χ4v) is 2.49. The molecule has 6 nitrogen and oxygen atoms in total. The molecule has 1 N–H and O–H groups in total. The van der Waals surface area contributed by atoms with E-state index in [4.69, 9.17) is 0 Å². The van der Waals surface area contributed by atoms with E-state index in [1.165, 1.54) is 0 Å². The molecule has 0 saturated carbocycles. The van der Waals surface area contributed by atoms with Gasteiger partial charge in [0.15, 0.2) is 0 Å². The molecule has 0 radical (unpaired) electrons. The van der Waals surface area contributed by atoms with E-state index in [1.807, 2.05) is 30.3 Å². The summed E-state index contributed by atoms with van der Waals surface area (Å²) >= 11 is 0. The molecule has 1 saturated heterocycles. The van der Waals surface area contributed by atoms with Crippen molar-refractivity contribution in [1.29, 1.82) is 0 Å². The molecule has 3 amide bonds. The van der Waals surface area contributed by atoms with Crippen LogP contribution in [0.25, 0.3) is 0 Å². The Hall–Kier alpha value is -1.92. The number of likely N-dealkylation sites (tertiary alicyclic amines) is 1. The molecule has 23 heavy (non-hydrogen) atoms. The Morgan fingerprint density at radius 1 is 1.30 bits per heavy atom. The fourth-order valence-electron chi connectivity index (χ4n) is 2.49. The van der Waals surface area contributed by atoms with Crippen molar-refractivity contribution < 1.29 is 14.4 Å². The van der Waals surface area contributed by atoms with Crippen LogP contribution in [0, 0.1) is 0 Å². The second-order valence-electron chi connectivity index (χ2n) is 5.66. The Morgan fingerprint density at radius 2 is 1.91 bits per heavy atom. The first-order valence-corrected chi connectivity index (χ1v) is 7.25. The van der Waals surface area contributed by atoms with E-state index >= 15 is 0 Å². The van der Waals surface area contributed by atoms with Crippen LogP contribution in [0.5, 0.6) is 0 Å². The van der Waals surface area contributed by atoms with Gasteiger partial charge in [-0.05, 0) is 26.6 Å². The average molecular weight is 340 g/mol. The SMILES string of the molecule is CC(C(=O)NCc1ccccc1)N1C(=O)CC(N(C)C)C1=O.Cl. The van der Waals surface area contributed by atoms with Gasteiger partial charge in [0.1, 0.15) is 6.04 Å². The van der Waals surface area contributed by atoms with Gasteiger partial charge in [-0.25, -0.2) is 0 Å². The Balaban J connectivity index is 0.00000264. The van der Waals surface area contributed by atoms with Crippen LogP contribution in [0.4, 0.5) is 0 Å². The molecule has 1 aromatic carbocycles.